The van der Waals surface area contributed by atoms with Crippen LogP contribution in [0.2, 0.25) is 0 Å². The molecule has 1 saturated heterocycles. The Bertz CT molecular complexity index is 172. The molecule has 1 unspecified atom stereocenters. The monoisotopic (exact) mass is 139 g/mol. The van der Waals surface area contributed by atoms with Gasteiger partial charge in [-0.3, -0.25) is 4.79 Å². The molecule has 1 aliphatic heterocycles. The second-order valence-corrected chi connectivity index (χ2v) is 2.30. The van der Waals surface area contributed by atoms with Crippen LogP contribution in [-0.4, -0.2) is 18.5 Å². The summed E-state index contributed by atoms with van der Waals surface area (Å²) in [5, 5.41) is 13.4. The van der Waals surface area contributed by atoms with E-state index in [0.717, 1.165) is 6.42 Å². The lowest BCUT2D eigenvalue weighted by atomic mass is 10.2. The molecule has 1 heterocycles. The predicted molar refractivity (Wildman–Crippen MR) is 34.8 cm³/mol. The van der Waals surface area contributed by atoms with Gasteiger partial charge in [0.25, 0.3) is 0 Å². The molecular formula is C6H9N3O. The lowest BCUT2D eigenvalue weighted by Crippen LogP contribution is -2.33. The fourth-order valence-electron chi connectivity index (χ4n) is 0.999. The van der Waals surface area contributed by atoms with Crippen LogP contribution in [0.1, 0.15) is 12.8 Å². The Morgan fingerprint density at radius 3 is 3.20 bits per heavy atom. The molecule has 0 saturated carbocycles. The van der Waals surface area contributed by atoms with Crippen LogP contribution in [0.3, 0.4) is 0 Å². The summed E-state index contributed by atoms with van der Waals surface area (Å²) >= 11 is 0. The van der Waals surface area contributed by atoms with E-state index in [9.17, 15) is 4.79 Å². The highest BCUT2D eigenvalue weighted by atomic mass is 16.1. The number of hydrogen-bond donors (Lipinski definition) is 2. The topological polar surface area (TPSA) is 64.9 Å². The van der Waals surface area contributed by atoms with Crippen LogP contribution >= 0.6 is 0 Å². The maximum Gasteiger partial charge on any atom is 0.220 e. The van der Waals surface area contributed by atoms with Crippen molar-refractivity contribution < 1.29 is 4.79 Å². The van der Waals surface area contributed by atoms with E-state index in [2.05, 4.69) is 10.6 Å². The molecule has 0 aromatic heterocycles. The van der Waals surface area contributed by atoms with E-state index in [4.69, 9.17) is 5.26 Å². The van der Waals surface area contributed by atoms with Crippen LogP contribution in [0.5, 0.6) is 0 Å². The Morgan fingerprint density at radius 1 is 1.90 bits per heavy atom. The fourth-order valence-corrected chi connectivity index (χ4v) is 0.999. The molecule has 54 valence electrons. The summed E-state index contributed by atoms with van der Waals surface area (Å²) in [6.07, 6.45) is 3.24. The van der Waals surface area contributed by atoms with E-state index in [0.29, 0.717) is 13.0 Å². The zero-order chi connectivity index (χ0) is 7.40. The lowest BCUT2D eigenvalue weighted by Gasteiger charge is -2.05. The summed E-state index contributed by atoms with van der Waals surface area (Å²) < 4.78 is 0. The minimum Gasteiger partial charge on any atom is -0.352 e. The van der Waals surface area contributed by atoms with Crippen molar-refractivity contribution in [2.45, 2.75) is 18.9 Å². The normalized spacial score (nSPS) is 23.5. The number of rotatable bonds is 2. The van der Waals surface area contributed by atoms with Crippen LogP contribution in [0.15, 0.2) is 0 Å². The predicted octanol–water partition coefficient (Wildman–Crippen LogP) is -0.664. The first-order valence-corrected chi connectivity index (χ1v) is 3.24. The molecule has 0 bridgehead atoms. The second-order valence-electron chi connectivity index (χ2n) is 2.30. The number of nitrogens with zero attached hydrogens (tertiary/aromatic N) is 1. The van der Waals surface area contributed by atoms with Gasteiger partial charge in [0, 0.05) is 19.0 Å². The molecule has 1 fully saturated rings. The van der Waals surface area contributed by atoms with Crippen LogP contribution < -0.4 is 10.6 Å². The first-order valence-electron chi connectivity index (χ1n) is 3.24. The first kappa shape index (κ1) is 6.87. The molecule has 10 heavy (non-hydrogen) atoms. The van der Waals surface area contributed by atoms with Gasteiger partial charge in [-0.05, 0) is 6.42 Å². The standard InChI is InChI=1S/C6H9N3O/c7-4-8-3-5-1-2-6(10)9-5/h5,8H,1-3H2,(H,9,10). The molecule has 1 atom stereocenters. The van der Waals surface area contributed by atoms with Crippen molar-refractivity contribution in [3.63, 3.8) is 0 Å². The number of carbonyl (C=O) groups excluding carboxylic acids is 1. The van der Waals surface area contributed by atoms with Crippen LogP contribution in [0, 0.1) is 11.5 Å². The number of hydrogen-bond acceptors (Lipinski definition) is 3. The molecule has 0 aromatic rings. The van der Waals surface area contributed by atoms with E-state index in [1.807, 2.05) is 6.19 Å². The van der Waals surface area contributed by atoms with Crippen LogP contribution in [0.25, 0.3) is 0 Å². The Labute approximate surface area is 59.2 Å². The summed E-state index contributed by atoms with van der Waals surface area (Å²) in [6.45, 7) is 0.558. The van der Waals surface area contributed by atoms with Gasteiger partial charge in [0.2, 0.25) is 5.91 Å². The molecule has 0 radical (unpaired) electrons. The summed E-state index contributed by atoms with van der Waals surface area (Å²) in [5.41, 5.74) is 0. The highest BCUT2D eigenvalue weighted by Gasteiger charge is 2.19. The second kappa shape index (κ2) is 3.06. The molecule has 1 amide bonds. The number of carbonyl (C=O) groups is 1. The minimum atomic E-state index is 0.0877. The highest BCUT2D eigenvalue weighted by molar-refractivity contribution is 5.78. The van der Waals surface area contributed by atoms with Crippen molar-refractivity contribution in [2.75, 3.05) is 6.54 Å². The summed E-state index contributed by atoms with van der Waals surface area (Å²) in [4.78, 5) is 10.6. The molecule has 2 N–H and O–H groups in total. The van der Waals surface area contributed by atoms with Crippen molar-refractivity contribution >= 4 is 5.91 Å². The zero-order valence-corrected chi connectivity index (χ0v) is 5.55. The van der Waals surface area contributed by atoms with Gasteiger partial charge >= 0.3 is 0 Å². The first-order chi connectivity index (χ1) is 4.83. The number of nitrogens with one attached hydrogen (secondary N) is 2. The van der Waals surface area contributed by atoms with Crippen LogP contribution in [0.4, 0.5) is 0 Å². The summed E-state index contributed by atoms with van der Waals surface area (Å²) in [5.74, 6) is 0.0877. The van der Waals surface area contributed by atoms with Crippen molar-refractivity contribution in [1.82, 2.24) is 10.6 Å². The number of amides is 1. The lowest BCUT2D eigenvalue weighted by molar-refractivity contribution is -0.119. The molecule has 1 rings (SSSR count). The molecule has 4 heteroatoms. The quantitative estimate of drug-likeness (QED) is 0.394. The maximum absolute atomic E-state index is 10.6. The van der Waals surface area contributed by atoms with Gasteiger partial charge in [-0.15, -0.1) is 0 Å². The smallest absolute Gasteiger partial charge is 0.220 e. The van der Waals surface area contributed by atoms with Gasteiger partial charge in [-0.2, -0.15) is 5.26 Å². The summed E-state index contributed by atoms with van der Waals surface area (Å²) in [6, 6.07) is 0.159. The highest BCUT2D eigenvalue weighted by Crippen LogP contribution is 2.04. The summed E-state index contributed by atoms with van der Waals surface area (Å²) in [7, 11) is 0. The van der Waals surface area contributed by atoms with Crippen LogP contribution in [-0.2, 0) is 4.79 Å². The molecule has 0 aromatic carbocycles. The average molecular weight is 139 g/mol. The maximum atomic E-state index is 10.6. The van der Waals surface area contributed by atoms with E-state index in [-0.39, 0.29) is 11.9 Å². The third kappa shape index (κ3) is 1.62. The Kier molecular flexibility index (Phi) is 2.11. The SMILES string of the molecule is N#CNCC1CCC(=O)N1. The minimum absolute atomic E-state index is 0.0877. The van der Waals surface area contributed by atoms with Gasteiger partial charge in [0.15, 0.2) is 6.19 Å². The Balaban J connectivity index is 2.20. The Hall–Kier alpha value is -1.24. The Morgan fingerprint density at radius 2 is 2.70 bits per heavy atom. The van der Waals surface area contributed by atoms with Gasteiger partial charge in [-0.25, -0.2) is 0 Å². The molecular weight excluding hydrogens is 130 g/mol. The molecule has 0 spiro atoms. The third-order valence-electron chi connectivity index (χ3n) is 1.51. The van der Waals surface area contributed by atoms with Gasteiger partial charge in [-0.1, -0.05) is 0 Å². The van der Waals surface area contributed by atoms with Crippen molar-refractivity contribution in [3.8, 4) is 6.19 Å². The third-order valence-corrected chi connectivity index (χ3v) is 1.51. The van der Waals surface area contributed by atoms with Gasteiger partial charge in [0.1, 0.15) is 0 Å². The molecule has 4 nitrogen and oxygen atoms in total. The van der Waals surface area contributed by atoms with Crippen molar-refractivity contribution in [1.29, 1.82) is 5.26 Å². The molecule has 1 aliphatic rings. The van der Waals surface area contributed by atoms with E-state index >= 15 is 0 Å². The van der Waals surface area contributed by atoms with Gasteiger partial charge < -0.3 is 10.6 Å². The largest absolute Gasteiger partial charge is 0.352 e. The molecule has 0 aliphatic carbocycles. The van der Waals surface area contributed by atoms with Gasteiger partial charge in [0.05, 0.1) is 0 Å². The van der Waals surface area contributed by atoms with E-state index < -0.39 is 0 Å². The van der Waals surface area contributed by atoms with Crippen molar-refractivity contribution in [2.24, 2.45) is 0 Å². The van der Waals surface area contributed by atoms with E-state index in [1.54, 1.807) is 0 Å². The fraction of sp³-hybridized carbons (Fsp3) is 0.667. The van der Waals surface area contributed by atoms with Crippen molar-refractivity contribution in [3.05, 3.63) is 0 Å². The number of nitriles is 1. The average Bonchev–Trinajstić information content (AvgIpc) is 2.31. The van der Waals surface area contributed by atoms with E-state index in [1.165, 1.54) is 0 Å². The zero-order valence-electron chi connectivity index (χ0n) is 5.55.